The zero-order chi connectivity index (χ0) is 14.1. The Labute approximate surface area is 121 Å². The zero-order valence-corrected chi connectivity index (χ0v) is 12.3. The van der Waals surface area contributed by atoms with Crippen LogP contribution in [0.4, 0.5) is 0 Å². The Bertz CT molecular complexity index is 594. The predicted molar refractivity (Wildman–Crippen MR) is 83.4 cm³/mol. The highest BCUT2D eigenvalue weighted by molar-refractivity contribution is 5.33. The third-order valence-electron chi connectivity index (χ3n) is 4.32. The van der Waals surface area contributed by atoms with Gasteiger partial charge in [-0.25, -0.2) is 0 Å². The number of aryl methyl sites for hydroxylation is 2. The van der Waals surface area contributed by atoms with Crippen LogP contribution in [0.5, 0.6) is 0 Å². The number of benzene rings is 2. The molecule has 0 fully saturated rings. The maximum Gasteiger partial charge on any atom is 0.0424 e. The molecule has 2 N–H and O–H groups in total. The fourth-order valence-corrected chi connectivity index (χ4v) is 2.91. The number of nitrogens with zero attached hydrogens (tertiary/aromatic N) is 1. The number of hydrogen-bond donors (Lipinski definition) is 1. The van der Waals surface area contributed by atoms with Crippen LogP contribution in [0.25, 0.3) is 0 Å². The Balaban J connectivity index is 1.68. The molecular formula is C18H22N2. The summed E-state index contributed by atoms with van der Waals surface area (Å²) in [7, 11) is 0. The van der Waals surface area contributed by atoms with Gasteiger partial charge in [0.25, 0.3) is 0 Å². The van der Waals surface area contributed by atoms with E-state index in [4.69, 9.17) is 5.73 Å². The average molecular weight is 266 g/mol. The third kappa shape index (κ3) is 2.62. The second-order valence-corrected chi connectivity index (χ2v) is 5.89. The van der Waals surface area contributed by atoms with E-state index in [1.807, 2.05) is 0 Å². The summed E-state index contributed by atoms with van der Waals surface area (Å²) in [5, 5.41) is 0. The summed E-state index contributed by atoms with van der Waals surface area (Å²) in [5.74, 6) is 0. The van der Waals surface area contributed by atoms with Crippen LogP contribution in [0.1, 0.15) is 33.9 Å². The molecule has 2 aromatic rings. The molecule has 0 saturated carbocycles. The Morgan fingerprint density at radius 3 is 2.25 bits per heavy atom. The molecule has 0 spiro atoms. The minimum Gasteiger partial charge on any atom is -0.323 e. The van der Waals surface area contributed by atoms with Crippen molar-refractivity contribution in [3.63, 3.8) is 0 Å². The van der Waals surface area contributed by atoms with Crippen molar-refractivity contribution >= 4 is 0 Å². The van der Waals surface area contributed by atoms with Crippen molar-refractivity contribution in [2.24, 2.45) is 5.73 Å². The second-order valence-electron chi connectivity index (χ2n) is 5.89. The molecule has 1 aliphatic rings. The number of hydrogen-bond acceptors (Lipinski definition) is 2. The molecule has 2 aromatic carbocycles. The van der Waals surface area contributed by atoms with Gasteiger partial charge in [-0.1, -0.05) is 42.5 Å². The molecular weight excluding hydrogens is 244 g/mol. The van der Waals surface area contributed by atoms with Gasteiger partial charge in [-0.2, -0.15) is 0 Å². The first-order valence-electron chi connectivity index (χ1n) is 7.25. The molecule has 1 aliphatic heterocycles. The summed E-state index contributed by atoms with van der Waals surface area (Å²) < 4.78 is 0. The van der Waals surface area contributed by atoms with Crippen LogP contribution in [-0.4, -0.2) is 11.4 Å². The minimum atomic E-state index is 0.0867. The Hall–Kier alpha value is -1.64. The largest absolute Gasteiger partial charge is 0.323 e. The minimum absolute atomic E-state index is 0.0867. The number of nitrogens with two attached hydrogens (primary N) is 1. The highest BCUT2D eigenvalue weighted by Crippen LogP contribution is 2.24. The summed E-state index contributed by atoms with van der Waals surface area (Å²) in [4.78, 5) is 2.44. The first kappa shape index (κ1) is 13.3. The van der Waals surface area contributed by atoms with E-state index in [-0.39, 0.29) is 6.04 Å². The van der Waals surface area contributed by atoms with Crippen LogP contribution >= 0.6 is 0 Å². The highest BCUT2D eigenvalue weighted by atomic mass is 15.1. The molecule has 1 heterocycles. The van der Waals surface area contributed by atoms with E-state index in [0.717, 1.165) is 19.6 Å². The fraction of sp³-hybridized carbons (Fsp3) is 0.333. The lowest BCUT2D eigenvalue weighted by atomic mass is 10.0. The molecule has 0 amide bonds. The summed E-state index contributed by atoms with van der Waals surface area (Å²) in [6, 6.07) is 15.3. The van der Waals surface area contributed by atoms with Crippen molar-refractivity contribution in [2.75, 3.05) is 6.54 Å². The maximum absolute atomic E-state index is 6.39. The molecule has 0 radical (unpaired) electrons. The predicted octanol–water partition coefficient (Wildman–Crippen LogP) is 3.32. The van der Waals surface area contributed by atoms with E-state index in [9.17, 15) is 0 Å². The lowest BCUT2D eigenvalue weighted by Crippen LogP contribution is -2.28. The topological polar surface area (TPSA) is 29.3 Å². The van der Waals surface area contributed by atoms with Gasteiger partial charge in [0.05, 0.1) is 0 Å². The van der Waals surface area contributed by atoms with Crippen LogP contribution < -0.4 is 5.73 Å². The smallest absolute Gasteiger partial charge is 0.0424 e. The molecule has 104 valence electrons. The molecule has 1 atom stereocenters. The highest BCUT2D eigenvalue weighted by Gasteiger charge is 2.20. The first-order chi connectivity index (χ1) is 9.63. The van der Waals surface area contributed by atoms with Crippen molar-refractivity contribution in [1.29, 1.82) is 0 Å². The summed E-state index contributed by atoms with van der Waals surface area (Å²) in [6.45, 7) is 7.25. The number of fused-ring (bicyclic) bond motifs is 1. The Morgan fingerprint density at radius 1 is 1.00 bits per heavy atom. The van der Waals surface area contributed by atoms with E-state index in [1.165, 1.54) is 27.8 Å². The summed E-state index contributed by atoms with van der Waals surface area (Å²) >= 11 is 0. The van der Waals surface area contributed by atoms with Gasteiger partial charge in [0, 0.05) is 25.7 Å². The van der Waals surface area contributed by atoms with Crippen molar-refractivity contribution in [3.05, 3.63) is 70.3 Å². The zero-order valence-electron chi connectivity index (χ0n) is 12.3. The van der Waals surface area contributed by atoms with E-state index < -0.39 is 0 Å². The van der Waals surface area contributed by atoms with Gasteiger partial charge >= 0.3 is 0 Å². The Morgan fingerprint density at radius 2 is 1.65 bits per heavy atom. The molecule has 3 rings (SSSR count). The lowest BCUT2D eigenvalue weighted by molar-refractivity contribution is 0.266. The molecule has 1 unspecified atom stereocenters. The monoisotopic (exact) mass is 266 g/mol. The Kier molecular flexibility index (Phi) is 3.60. The van der Waals surface area contributed by atoms with Gasteiger partial charge < -0.3 is 5.73 Å². The standard InChI is InChI=1S/C18H22N2/c1-13-7-8-15(9-14(13)2)18(19)12-20-10-16-5-3-4-6-17(16)11-20/h3-9,18H,10-12,19H2,1-2H3. The van der Waals surface area contributed by atoms with E-state index in [2.05, 4.69) is 61.2 Å². The molecule has 0 aliphatic carbocycles. The second kappa shape index (κ2) is 5.39. The van der Waals surface area contributed by atoms with Crippen LogP contribution in [0, 0.1) is 13.8 Å². The van der Waals surface area contributed by atoms with Crippen molar-refractivity contribution in [2.45, 2.75) is 33.0 Å². The van der Waals surface area contributed by atoms with E-state index in [0.29, 0.717) is 0 Å². The molecule has 2 heteroatoms. The third-order valence-corrected chi connectivity index (χ3v) is 4.32. The van der Waals surface area contributed by atoms with E-state index in [1.54, 1.807) is 0 Å². The molecule has 0 saturated heterocycles. The van der Waals surface area contributed by atoms with Gasteiger partial charge in [-0.3, -0.25) is 4.90 Å². The number of rotatable bonds is 3. The average Bonchev–Trinajstić information content (AvgIpc) is 2.83. The lowest BCUT2D eigenvalue weighted by Gasteiger charge is -2.21. The van der Waals surface area contributed by atoms with Gasteiger partial charge in [0.1, 0.15) is 0 Å². The van der Waals surface area contributed by atoms with Crippen molar-refractivity contribution in [3.8, 4) is 0 Å². The normalized spacial score (nSPS) is 16.1. The molecule has 0 bridgehead atoms. The summed E-state index contributed by atoms with van der Waals surface area (Å²) in [5.41, 5.74) is 13.2. The molecule has 20 heavy (non-hydrogen) atoms. The van der Waals surface area contributed by atoms with Gasteiger partial charge in [0.2, 0.25) is 0 Å². The van der Waals surface area contributed by atoms with E-state index >= 15 is 0 Å². The SMILES string of the molecule is Cc1ccc(C(N)CN2Cc3ccccc3C2)cc1C. The maximum atomic E-state index is 6.39. The fourth-order valence-electron chi connectivity index (χ4n) is 2.91. The quantitative estimate of drug-likeness (QED) is 0.923. The van der Waals surface area contributed by atoms with Crippen LogP contribution in [0.15, 0.2) is 42.5 Å². The van der Waals surface area contributed by atoms with Crippen molar-refractivity contribution in [1.82, 2.24) is 4.90 Å². The van der Waals surface area contributed by atoms with Gasteiger partial charge in [-0.15, -0.1) is 0 Å². The first-order valence-corrected chi connectivity index (χ1v) is 7.25. The van der Waals surface area contributed by atoms with Crippen LogP contribution in [0.2, 0.25) is 0 Å². The van der Waals surface area contributed by atoms with Gasteiger partial charge in [-0.05, 0) is 41.7 Å². The summed E-state index contributed by atoms with van der Waals surface area (Å²) in [6.07, 6.45) is 0. The van der Waals surface area contributed by atoms with Crippen LogP contribution in [-0.2, 0) is 13.1 Å². The van der Waals surface area contributed by atoms with Crippen LogP contribution in [0.3, 0.4) is 0 Å². The molecule has 2 nitrogen and oxygen atoms in total. The van der Waals surface area contributed by atoms with Crippen molar-refractivity contribution < 1.29 is 0 Å². The molecule has 0 aromatic heterocycles. The van der Waals surface area contributed by atoms with Gasteiger partial charge in [0.15, 0.2) is 0 Å².